The highest BCUT2D eigenvalue weighted by atomic mass is 16.3. The fraction of sp³-hybridized carbons (Fsp3) is 0.312. The first-order chi connectivity index (χ1) is 11.3. The number of benzene rings is 1. The highest BCUT2D eigenvalue weighted by Gasteiger charge is 2.13. The van der Waals surface area contributed by atoms with Gasteiger partial charge in [-0.15, -0.1) is 0 Å². The number of aryl methyl sites for hydroxylation is 2. The molecule has 0 bridgehead atoms. The van der Waals surface area contributed by atoms with Gasteiger partial charge in [0.15, 0.2) is 11.5 Å². The van der Waals surface area contributed by atoms with Crippen LogP contribution in [0.1, 0.15) is 17.5 Å². The Balaban J connectivity index is 1.65. The number of aromatic amines is 1. The largest absolute Gasteiger partial charge is 0.395 e. The van der Waals surface area contributed by atoms with E-state index in [9.17, 15) is 0 Å². The molecule has 7 nitrogen and oxygen atoms in total. The lowest BCUT2D eigenvalue weighted by atomic mass is 10.1. The number of aliphatic hydroxyl groups excluding tert-OH is 1. The number of H-pyrrole nitrogens is 1. The van der Waals surface area contributed by atoms with Crippen LogP contribution in [-0.4, -0.2) is 38.2 Å². The summed E-state index contributed by atoms with van der Waals surface area (Å²) in [5.41, 5.74) is 5.13. The smallest absolute Gasteiger partial charge is 0.231 e. The Morgan fingerprint density at radius 1 is 1.17 bits per heavy atom. The van der Waals surface area contributed by atoms with Crippen molar-refractivity contribution in [2.45, 2.75) is 19.3 Å². The minimum absolute atomic E-state index is 0.0349. The molecule has 0 atom stereocenters. The fourth-order valence-corrected chi connectivity index (χ4v) is 2.97. The normalized spacial score (nSPS) is 13.3. The van der Waals surface area contributed by atoms with E-state index in [1.807, 2.05) is 0 Å². The van der Waals surface area contributed by atoms with Gasteiger partial charge in [-0.1, -0.05) is 6.07 Å². The number of imidazole rings is 1. The molecular weight excluding hydrogens is 292 g/mol. The van der Waals surface area contributed by atoms with Crippen molar-refractivity contribution in [2.75, 3.05) is 23.8 Å². The molecule has 3 aromatic rings. The van der Waals surface area contributed by atoms with E-state index < -0.39 is 0 Å². The predicted octanol–water partition coefficient (Wildman–Crippen LogP) is 1.99. The maximum absolute atomic E-state index is 9.00. The second kappa shape index (κ2) is 5.85. The van der Waals surface area contributed by atoms with Gasteiger partial charge in [-0.25, -0.2) is 4.98 Å². The number of hydrogen-bond acceptors (Lipinski definition) is 6. The Hall–Kier alpha value is -2.67. The van der Waals surface area contributed by atoms with Crippen LogP contribution >= 0.6 is 0 Å². The van der Waals surface area contributed by atoms with Crippen LogP contribution in [0.2, 0.25) is 0 Å². The molecule has 0 unspecified atom stereocenters. The Bertz CT molecular complexity index is 844. The minimum Gasteiger partial charge on any atom is -0.395 e. The molecule has 0 spiro atoms. The van der Waals surface area contributed by atoms with E-state index in [1.165, 1.54) is 24.0 Å². The number of nitrogens with one attached hydrogen (secondary N) is 3. The van der Waals surface area contributed by atoms with E-state index in [0.717, 1.165) is 17.6 Å². The summed E-state index contributed by atoms with van der Waals surface area (Å²) in [6.07, 6.45) is 5.11. The highest BCUT2D eigenvalue weighted by molar-refractivity contribution is 5.84. The zero-order valence-electron chi connectivity index (χ0n) is 12.6. The summed E-state index contributed by atoms with van der Waals surface area (Å²) in [5.74, 6) is 1.12. The van der Waals surface area contributed by atoms with Gasteiger partial charge >= 0.3 is 0 Å². The molecule has 2 heterocycles. The van der Waals surface area contributed by atoms with Crippen molar-refractivity contribution in [3.8, 4) is 0 Å². The molecule has 4 rings (SSSR count). The molecule has 0 radical (unpaired) electrons. The number of hydrogen-bond donors (Lipinski definition) is 4. The molecule has 23 heavy (non-hydrogen) atoms. The molecule has 118 valence electrons. The van der Waals surface area contributed by atoms with Crippen LogP contribution in [-0.2, 0) is 12.8 Å². The first-order valence-corrected chi connectivity index (χ1v) is 7.78. The minimum atomic E-state index is 0.0349. The van der Waals surface area contributed by atoms with E-state index >= 15 is 0 Å². The van der Waals surface area contributed by atoms with Crippen LogP contribution in [0, 0.1) is 0 Å². The number of nitrogens with zero attached hydrogens (tertiary/aromatic N) is 3. The third kappa shape index (κ3) is 2.70. The third-order valence-electron chi connectivity index (χ3n) is 4.04. The fourth-order valence-electron chi connectivity index (χ4n) is 2.97. The van der Waals surface area contributed by atoms with Gasteiger partial charge in [0.1, 0.15) is 5.52 Å². The molecular formula is C16H18N6O. The van der Waals surface area contributed by atoms with Gasteiger partial charge < -0.3 is 20.7 Å². The summed E-state index contributed by atoms with van der Waals surface area (Å²) in [6.45, 7) is 0.455. The quantitative estimate of drug-likeness (QED) is 0.575. The lowest BCUT2D eigenvalue weighted by Crippen LogP contribution is -2.09. The van der Waals surface area contributed by atoms with Gasteiger partial charge in [0.2, 0.25) is 5.95 Å². The summed E-state index contributed by atoms with van der Waals surface area (Å²) >= 11 is 0. The number of aromatic nitrogens is 4. The van der Waals surface area contributed by atoms with Gasteiger partial charge in [-0.05, 0) is 42.5 Å². The molecule has 4 N–H and O–H groups in total. The Kier molecular flexibility index (Phi) is 3.55. The topological polar surface area (TPSA) is 98.8 Å². The Morgan fingerprint density at radius 3 is 3.00 bits per heavy atom. The summed E-state index contributed by atoms with van der Waals surface area (Å²) in [4.78, 5) is 16.1. The second-order valence-corrected chi connectivity index (χ2v) is 5.61. The molecule has 1 aliphatic carbocycles. The van der Waals surface area contributed by atoms with Crippen LogP contribution in [0.4, 0.5) is 17.5 Å². The van der Waals surface area contributed by atoms with Crippen LogP contribution < -0.4 is 10.6 Å². The van der Waals surface area contributed by atoms with E-state index in [4.69, 9.17) is 5.11 Å². The van der Waals surface area contributed by atoms with Gasteiger partial charge in [-0.2, -0.15) is 9.97 Å². The number of rotatable bonds is 5. The molecule has 7 heteroatoms. The monoisotopic (exact) mass is 310 g/mol. The molecule has 0 saturated carbocycles. The van der Waals surface area contributed by atoms with Crippen molar-refractivity contribution >= 4 is 28.6 Å². The number of fused-ring (bicyclic) bond motifs is 2. The maximum Gasteiger partial charge on any atom is 0.231 e. The standard InChI is InChI=1S/C16H18N6O/c23-7-6-17-14-13-15(19-9-18-13)22-16(21-14)20-12-5-4-10-2-1-3-11(10)8-12/h4-5,8-9,23H,1-3,6-7H2,(H3,17,18,19,20,21,22). The van der Waals surface area contributed by atoms with Gasteiger partial charge in [0.05, 0.1) is 12.9 Å². The van der Waals surface area contributed by atoms with E-state index in [1.54, 1.807) is 6.33 Å². The maximum atomic E-state index is 9.00. The zero-order valence-corrected chi connectivity index (χ0v) is 12.6. The number of aliphatic hydroxyl groups is 1. The molecule has 0 saturated heterocycles. The van der Waals surface area contributed by atoms with Gasteiger partial charge in [0.25, 0.3) is 0 Å². The first-order valence-electron chi connectivity index (χ1n) is 7.78. The summed E-state index contributed by atoms with van der Waals surface area (Å²) in [6, 6.07) is 6.40. The van der Waals surface area contributed by atoms with Crippen molar-refractivity contribution in [1.29, 1.82) is 0 Å². The number of anilines is 3. The van der Waals surface area contributed by atoms with Crippen molar-refractivity contribution in [1.82, 2.24) is 19.9 Å². The molecule has 0 amide bonds. The molecule has 1 aromatic carbocycles. The molecule has 1 aliphatic rings. The second-order valence-electron chi connectivity index (χ2n) is 5.61. The van der Waals surface area contributed by atoms with E-state index in [2.05, 4.69) is 48.8 Å². The van der Waals surface area contributed by atoms with Gasteiger partial charge in [0, 0.05) is 12.2 Å². The lowest BCUT2D eigenvalue weighted by Gasteiger charge is -2.10. The highest BCUT2D eigenvalue weighted by Crippen LogP contribution is 2.27. The molecule has 2 aromatic heterocycles. The van der Waals surface area contributed by atoms with Crippen LogP contribution in [0.3, 0.4) is 0 Å². The Labute approximate surface area is 133 Å². The van der Waals surface area contributed by atoms with Crippen molar-refractivity contribution in [2.24, 2.45) is 0 Å². The van der Waals surface area contributed by atoms with Crippen LogP contribution in [0.5, 0.6) is 0 Å². The SMILES string of the molecule is OCCNc1nc(Nc2ccc3c(c2)CCC3)nc2nc[nH]c12. The summed E-state index contributed by atoms with van der Waals surface area (Å²) in [5, 5.41) is 15.3. The zero-order chi connectivity index (χ0) is 15.6. The van der Waals surface area contributed by atoms with Crippen molar-refractivity contribution < 1.29 is 5.11 Å². The predicted molar refractivity (Wildman–Crippen MR) is 89.0 cm³/mol. The Morgan fingerprint density at radius 2 is 2.09 bits per heavy atom. The molecule has 0 fully saturated rings. The van der Waals surface area contributed by atoms with Gasteiger partial charge in [-0.3, -0.25) is 0 Å². The van der Waals surface area contributed by atoms with E-state index in [-0.39, 0.29) is 6.61 Å². The third-order valence-corrected chi connectivity index (χ3v) is 4.04. The average molecular weight is 310 g/mol. The first kappa shape index (κ1) is 14.0. The molecule has 0 aliphatic heterocycles. The van der Waals surface area contributed by atoms with E-state index in [0.29, 0.717) is 24.0 Å². The van der Waals surface area contributed by atoms with Crippen LogP contribution in [0.25, 0.3) is 11.2 Å². The van der Waals surface area contributed by atoms with Crippen molar-refractivity contribution in [3.05, 3.63) is 35.7 Å². The summed E-state index contributed by atoms with van der Waals surface area (Å²) in [7, 11) is 0. The summed E-state index contributed by atoms with van der Waals surface area (Å²) < 4.78 is 0. The van der Waals surface area contributed by atoms with Crippen molar-refractivity contribution in [3.63, 3.8) is 0 Å². The lowest BCUT2D eigenvalue weighted by molar-refractivity contribution is 0.311. The average Bonchev–Trinajstić information content (AvgIpc) is 3.20. The van der Waals surface area contributed by atoms with Crippen LogP contribution in [0.15, 0.2) is 24.5 Å².